The fourth-order valence-electron chi connectivity index (χ4n) is 2.80. The zero-order valence-corrected chi connectivity index (χ0v) is 22.4. The van der Waals surface area contributed by atoms with Crippen molar-refractivity contribution in [2.75, 3.05) is 33.0 Å². The van der Waals surface area contributed by atoms with Crippen LogP contribution in [0.5, 0.6) is 0 Å². The number of rotatable bonds is 22. The molecule has 0 saturated carbocycles. The van der Waals surface area contributed by atoms with E-state index in [0.717, 1.165) is 77.4 Å². The molecule has 0 aromatic heterocycles. The van der Waals surface area contributed by atoms with Gasteiger partial charge >= 0.3 is 17.4 Å². The summed E-state index contributed by atoms with van der Waals surface area (Å²) < 4.78 is 32.1. The summed E-state index contributed by atoms with van der Waals surface area (Å²) in [6.07, 6.45) is 10.7. The maximum absolute atomic E-state index is 6.44. The van der Waals surface area contributed by atoms with E-state index in [0.29, 0.717) is 25.5 Å². The molecule has 7 heteroatoms. The first-order valence-corrected chi connectivity index (χ1v) is 16.7. The highest BCUT2D eigenvalue weighted by Crippen LogP contribution is 2.27. The molecule has 0 heterocycles. The van der Waals surface area contributed by atoms with Crippen molar-refractivity contribution in [3.63, 3.8) is 0 Å². The van der Waals surface area contributed by atoms with Crippen LogP contribution in [0.4, 0.5) is 0 Å². The van der Waals surface area contributed by atoms with Gasteiger partial charge in [0.25, 0.3) is 0 Å². The number of hydrogen-bond donors (Lipinski definition) is 0. The maximum Gasteiger partial charge on any atom is 0.502 e. The highest BCUT2D eigenvalue weighted by atomic mass is 28.4. The lowest BCUT2D eigenvalue weighted by Crippen LogP contribution is -2.56. The van der Waals surface area contributed by atoms with Gasteiger partial charge in [-0.2, -0.15) is 0 Å². The lowest BCUT2D eigenvalue weighted by atomic mass is 10.4. The molecule has 0 bridgehead atoms. The minimum absolute atomic E-state index is 0.685. The molecule has 29 heavy (non-hydrogen) atoms. The summed E-state index contributed by atoms with van der Waals surface area (Å²) in [6, 6.07) is 0. The third-order valence-corrected chi connectivity index (χ3v) is 12.7. The van der Waals surface area contributed by atoms with Gasteiger partial charge in [0.15, 0.2) is 0 Å². The van der Waals surface area contributed by atoms with E-state index in [1.54, 1.807) is 0 Å². The summed E-state index contributed by atoms with van der Waals surface area (Å²) >= 11 is 0. The second-order valence-electron chi connectivity index (χ2n) is 8.00. The van der Waals surface area contributed by atoms with E-state index in [-0.39, 0.29) is 0 Å². The molecule has 0 aliphatic heterocycles. The number of unbranched alkanes of at least 4 members (excludes halogenated alkanes) is 5. The topological polar surface area (TPSA) is 46.2 Å². The van der Waals surface area contributed by atoms with E-state index in [4.69, 9.17) is 22.1 Å². The van der Waals surface area contributed by atoms with Crippen LogP contribution in [0, 0.1) is 0 Å². The second kappa shape index (κ2) is 19.0. The van der Waals surface area contributed by atoms with E-state index >= 15 is 0 Å². The molecular formula is C22H50O5Si2. The van der Waals surface area contributed by atoms with Gasteiger partial charge < -0.3 is 22.1 Å². The molecule has 5 nitrogen and oxygen atoms in total. The molecule has 0 aromatic rings. The van der Waals surface area contributed by atoms with Crippen LogP contribution in [-0.2, 0) is 22.1 Å². The molecule has 0 rings (SSSR count). The fourth-order valence-corrected chi connectivity index (χ4v) is 10.8. The molecule has 0 aromatic carbocycles. The third-order valence-electron chi connectivity index (χ3n) is 4.81. The monoisotopic (exact) mass is 450 g/mol. The molecule has 0 fully saturated rings. The largest absolute Gasteiger partial charge is 0.502 e. The molecule has 0 aliphatic carbocycles. The fraction of sp³-hybridized carbons (Fsp3) is 1.00. The summed E-state index contributed by atoms with van der Waals surface area (Å²) in [4.78, 5) is 0. The van der Waals surface area contributed by atoms with Gasteiger partial charge in [-0.15, -0.1) is 0 Å². The Bertz CT molecular complexity index is 322. The Morgan fingerprint density at radius 3 is 1.00 bits per heavy atom. The summed E-state index contributed by atoms with van der Waals surface area (Å²) in [5.41, 5.74) is 0.685. The zero-order chi connectivity index (χ0) is 21.8. The van der Waals surface area contributed by atoms with E-state index in [1.165, 1.54) is 0 Å². The van der Waals surface area contributed by atoms with Crippen molar-refractivity contribution in [2.45, 2.75) is 111 Å². The molecule has 0 saturated heterocycles. The van der Waals surface area contributed by atoms with Crippen molar-refractivity contribution >= 4 is 17.4 Å². The van der Waals surface area contributed by atoms with Gasteiger partial charge in [0, 0.05) is 33.0 Å². The number of hydrogen-bond acceptors (Lipinski definition) is 5. The molecule has 176 valence electrons. The molecule has 0 aliphatic rings. The first-order valence-electron chi connectivity index (χ1n) is 12.2. The Morgan fingerprint density at radius 2 is 0.724 bits per heavy atom. The van der Waals surface area contributed by atoms with Gasteiger partial charge in [-0.25, -0.2) is 0 Å². The molecule has 0 amide bonds. The molecule has 0 radical (unpaired) electrons. The Morgan fingerprint density at radius 1 is 0.448 bits per heavy atom. The summed E-state index contributed by atoms with van der Waals surface area (Å²) in [5.74, 6) is 0. The Labute approximate surface area is 183 Å². The van der Waals surface area contributed by atoms with Crippen LogP contribution < -0.4 is 0 Å². The summed E-state index contributed by atoms with van der Waals surface area (Å²) in [6.45, 7) is 16.7. The van der Waals surface area contributed by atoms with Gasteiger partial charge in [0.2, 0.25) is 0 Å². The zero-order valence-electron chi connectivity index (χ0n) is 20.4. The van der Waals surface area contributed by atoms with Crippen LogP contribution in [0.1, 0.15) is 98.8 Å². The first kappa shape index (κ1) is 29.2. The van der Waals surface area contributed by atoms with Crippen molar-refractivity contribution in [1.29, 1.82) is 0 Å². The van der Waals surface area contributed by atoms with Crippen molar-refractivity contribution in [3.8, 4) is 0 Å². The minimum atomic E-state index is -2.85. The normalized spacial score (nSPS) is 12.6. The third kappa shape index (κ3) is 14.8. The van der Waals surface area contributed by atoms with E-state index < -0.39 is 17.4 Å². The summed E-state index contributed by atoms with van der Waals surface area (Å²) in [7, 11) is -5.30. The van der Waals surface area contributed by atoms with E-state index in [2.05, 4.69) is 41.2 Å². The van der Waals surface area contributed by atoms with Crippen molar-refractivity contribution in [3.05, 3.63) is 0 Å². The highest BCUT2D eigenvalue weighted by Gasteiger charge is 2.51. The minimum Gasteiger partial charge on any atom is -0.394 e. The lowest BCUT2D eigenvalue weighted by molar-refractivity contribution is 0.0555. The SMILES string of the molecule is CCCCO[Si](C)(C[Si](OCCCC)(OCCCC)OCCCC)OCCCC. The van der Waals surface area contributed by atoms with Crippen molar-refractivity contribution in [2.24, 2.45) is 0 Å². The molecule has 0 N–H and O–H groups in total. The average molecular weight is 451 g/mol. The van der Waals surface area contributed by atoms with E-state index in [1.807, 2.05) is 0 Å². The van der Waals surface area contributed by atoms with Gasteiger partial charge in [0.1, 0.15) is 0 Å². The predicted octanol–water partition coefficient (Wildman–Crippen LogP) is 6.62. The van der Waals surface area contributed by atoms with Crippen molar-refractivity contribution < 1.29 is 22.1 Å². The predicted molar refractivity (Wildman–Crippen MR) is 126 cm³/mol. The average Bonchev–Trinajstić information content (AvgIpc) is 2.69. The Hall–Kier alpha value is 0.234. The van der Waals surface area contributed by atoms with Gasteiger partial charge in [-0.1, -0.05) is 66.7 Å². The molecule has 0 spiro atoms. The van der Waals surface area contributed by atoms with Crippen LogP contribution in [0.2, 0.25) is 12.2 Å². The highest BCUT2D eigenvalue weighted by molar-refractivity contribution is 6.82. The van der Waals surface area contributed by atoms with Crippen LogP contribution in [0.3, 0.4) is 0 Å². The van der Waals surface area contributed by atoms with Crippen LogP contribution in [0.15, 0.2) is 0 Å². The van der Waals surface area contributed by atoms with Crippen molar-refractivity contribution in [1.82, 2.24) is 0 Å². The summed E-state index contributed by atoms with van der Waals surface area (Å²) in [5, 5.41) is 0. The Kier molecular flexibility index (Phi) is 19.1. The van der Waals surface area contributed by atoms with Gasteiger partial charge in [-0.05, 0) is 38.7 Å². The first-order chi connectivity index (χ1) is 14.0. The molecular weight excluding hydrogens is 400 g/mol. The molecule has 0 atom stereocenters. The maximum atomic E-state index is 6.44. The van der Waals surface area contributed by atoms with Gasteiger partial charge in [0.05, 0.1) is 5.67 Å². The second-order valence-corrected chi connectivity index (χ2v) is 14.5. The van der Waals surface area contributed by atoms with E-state index in [9.17, 15) is 0 Å². The quantitative estimate of drug-likeness (QED) is 0.137. The Balaban J connectivity index is 5.42. The standard InChI is InChI=1S/C22H50O5Si2/c1-7-12-17-23-28(6,24-18-13-8-2)22-29(25-19-14-9-3,26-20-15-10-4)27-21-16-11-5/h7-22H2,1-6H3. The van der Waals surface area contributed by atoms with Crippen LogP contribution >= 0.6 is 0 Å². The molecule has 0 unspecified atom stereocenters. The lowest BCUT2D eigenvalue weighted by Gasteiger charge is -2.36. The van der Waals surface area contributed by atoms with Crippen LogP contribution in [-0.4, -0.2) is 50.4 Å². The smallest absolute Gasteiger partial charge is 0.394 e. The van der Waals surface area contributed by atoms with Gasteiger partial charge in [-0.3, -0.25) is 0 Å². The van der Waals surface area contributed by atoms with Crippen LogP contribution in [0.25, 0.3) is 0 Å².